The number of hydrogen-bond donors (Lipinski definition) is 1. The Balaban J connectivity index is 1.72. The van der Waals surface area contributed by atoms with E-state index in [-0.39, 0.29) is 18.6 Å². The highest BCUT2D eigenvalue weighted by Crippen LogP contribution is 2.12. The minimum Gasteiger partial charge on any atom is -0.467 e. The highest BCUT2D eigenvalue weighted by Gasteiger charge is 2.12. The normalized spacial score (nSPS) is 12.2. The number of carbonyl (C=O) groups excluding carboxylic acids is 2. The summed E-state index contributed by atoms with van der Waals surface area (Å²) >= 11 is 1.51. The van der Waals surface area contributed by atoms with Crippen LogP contribution in [0.1, 0.15) is 23.6 Å². The lowest BCUT2D eigenvalue weighted by atomic mass is 10.2. The molecule has 2 rings (SSSR count). The van der Waals surface area contributed by atoms with Gasteiger partial charge in [0, 0.05) is 11.0 Å². The highest BCUT2D eigenvalue weighted by atomic mass is 32.1. The number of ether oxygens (including phenoxy) is 1. The third-order valence-electron chi connectivity index (χ3n) is 2.62. The highest BCUT2D eigenvalue weighted by molar-refractivity contribution is 7.10. The number of hydrogen-bond acceptors (Lipinski definition) is 5. The van der Waals surface area contributed by atoms with E-state index in [0.717, 1.165) is 4.88 Å². The summed E-state index contributed by atoms with van der Waals surface area (Å²) in [5.74, 6) is -0.284. The fraction of sp³-hybridized carbons (Fsp3) is 0.200. The van der Waals surface area contributed by atoms with Crippen LogP contribution in [0.3, 0.4) is 0 Å². The summed E-state index contributed by atoms with van der Waals surface area (Å²) in [6.07, 6.45) is 4.48. The summed E-state index contributed by atoms with van der Waals surface area (Å²) in [4.78, 5) is 24.0. The van der Waals surface area contributed by atoms with E-state index >= 15 is 0 Å². The molecule has 1 amide bonds. The van der Waals surface area contributed by atoms with Crippen LogP contribution < -0.4 is 5.32 Å². The molecule has 0 aromatic carbocycles. The molecule has 0 spiro atoms. The zero-order valence-electron chi connectivity index (χ0n) is 11.4. The summed E-state index contributed by atoms with van der Waals surface area (Å²) in [6.45, 7) is 1.47. The monoisotopic (exact) mass is 305 g/mol. The first-order chi connectivity index (χ1) is 10.1. The Morgan fingerprint density at radius 1 is 1.43 bits per heavy atom. The van der Waals surface area contributed by atoms with Crippen LogP contribution in [-0.4, -0.2) is 18.5 Å². The Kier molecular flexibility index (Phi) is 5.34. The second kappa shape index (κ2) is 7.44. The topological polar surface area (TPSA) is 68.5 Å². The SMILES string of the molecule is C[C@H](NC(=O)COC(=O)/C=C/c1cccs1)c1ccco1. The molecular formula is C15H15NO4S. The van der Waals surface area contributed by atoms with Gasteiger partial charge in [0.15, 0.2) is 6.61 Å². The van der Waals surface area contributed by atoms with E-state index in [2.05, 4.69) is 5.32 Å². The first-order valence-corrected chi connectivity index (χ1v) is 7.24. The smallest absolute Gasteiger partial charge is 0.331 e. The molecule has 21 heavy (non-hydrogen) atoms. The molecule has 1 N–H and O–H groups in total. The Morgan fingerprint density at radius 3 is 2.95 bits per heavy atom. The molecule has 0 radical (unpaired) electrons. The van der Waals surface area contributed by atoms with Crippen molar-refractivity contribution >= 4 is 29.3 Å². The number of rotatable bonds is 6. The van der Waals surface area contributed by atoms with Gasteiger partial charge in [-0.15, -0.1) is 11.3 Å². The molecule has 0 aliphatic carbocycles. The minimum absolute atomic E-state index is 0.270. The van der Waals surface area contributed by atoms with Crippen molar-refractivity contribution in [3.8, 4) is 0 Å². The lowest BCUT2D eigenvalue weighted by Gasteiger charge is -2.10. The Labute approximate surface area is 126 Å². The van der Waals surface area contributed by atoms with E-state index in [1.165, 1.54) is 23.7 Å². The van der Waals surface area contributed by atoms with Crippen LogP contribution in [0.4, 0.5) is 0 Å². The second-order valence-corrected chi connectivity index (χ2v) is 5.24. The van der Waals surface area contributed by atoms with Gasteiger partial charge in [-0.05, 0) is 36.6 Å². The average molecular weight is 305 g/mol. The molecule has 2 aromatic heterocycles. The van der Waals surface area contributed by atoms with Gasteiger partial charge >= 0.3 is 5.97 Å². The zero-order valence-corrected chi connectivity index (χ0v) is 12.3. The van der Waals surface area contributed by atoms with Crippen LogP contribution in [0.15, 0.2) is 46.4 Å². The molecule has 0 unspecified atom stereocenters. The Morgan fingerprint density at radius 2 is 2.29 bits per heavy atom. The number of amides is 1. The Bertz CT molecular complexity index is 602. The maximum Gasteiger partial charge on any atom is 0.331 e. The van der Waals surface area contributed by atoms with Gasteiger partial charge in [0.2, 0.25) is 0 Å². The molecule has 0 saturated carbocycles. The van der Waals surface area contributed by atoms with Crippen LogP contribution in [0.2, 0.25) is 0 Å². The van der Waals surface area contributed by atoms with Crippen LogP contribution in [0.5, 0.6) is 0 Å². The van der Waals surface area contributed by atoms with Crippen LogP contribution in [-0.2, 0) is 14.3 Å². The van der Waals surface area contributed by atoms with Gasteiger partial charge in [0.1, 0.15) is 5.76 Å². The van der Waals surface area contributed by atoms with E-state index in [0.29, 0.717) is 5.76 Å². The number of esters is 1. The maximum atomic E-state index is 11.6. The molecular weight excluding hydrogens is 290 g/mol. The van der Waals surface area contributed by atoms with E-state index < -0.39 is 5.97 Å². The first-order valence-electron chi connectivity index (χ1n) is 6.36. The molecule has 1 atom stereocenters. The molecule has 0 aliphatic heterocycles. The molecule has 6 heteroatoms. The van der Waals surface area contributed by atoms with Gasteiger partial charge in [-0.3, -0.25) is 4.79 Å². The molecule has 0 saturated heterocycles. The molecule has 0 fully saturated rings. The number of thiophene rings is 1. The number of nitrogens with one attached hydrogen (secondary N) is 1. The van der Waals surface area contributed by atoms with Gasteiger partial charge < -0.3 is 14.5 Å². The molecule has 2 aromatic rings. The predicted molar refractivity (Wildman–Crippen MR) is 79.6 cm³/mol. The van der Waals surface area contributed by atoms with E-state index in [1.54, 1.807) is 25.1 Å². The largest absolute Gasteiger partial charge is 0.467 e. The van der Waals surface area contributed by atoms with Gasteiger partial charge in [-0.1, -0.05) is 6.07 Å². The third kappa shape index (κ3) is 4.92. The van der Waals surface area contributed by atoms with Crippen molar-refractivity contribution in [2.75, 3.05) is 6.61 Å². The first kappa shape index (κ1) is 15.1. The summed E-state index contributed by atoms with van der Waals surface area (Å²) in [5, 5.41) is 4.59. The summed E-state index contributed by atoms with van der Waals surface area (Å²) in [7, 11) is 0. The molecule has 110 valence electrons. The van der Waals surface area contributed by atoms with Crippen LogP contribution >= 0.6 is 11.3 Å². The van der Waals surface area contributed by atoms with Crippen molar-refractivity contribution in [3.05, 3.63) is 52.6 Å². The quantitative estimate of drug-likeness (QED) is 0.658. The molecule has 5 nitrogen and oxygen atoms in total. The van der Waals surface area contributed by atoms with E-state index in [9.17, 15) is 9.59 Å². The fourth-order valence-corrected chi connectivity index (χ4v) is 2.23. The molecule has 0 aliphatic rings. The van der Waals surface area contributed by atoms with Crippen molar-refractivity contribution in [2.45, 2.75) is 13.0 Å². The fourth-order valence-electron chi connectivity index (χ4n) is 1.61. The van der Waals surface area contributed by atoms with Gasteiger partial charge in [-0.25, -0.2) is 4.79 Å². The summed E-state index contributed by atoms with van der Waals surface area (Å²) < 4.78 is 10.0. The predicted octanol–water partition coefficient (Wildman–Crippen LogP) is 2.77. The second-order valence-electron chi connectivity index (χ2n) is 4.26. The van der Waals surface area contributed by atoms with Crippen molar-refractivity contribution < 1.29 is 18.7 Å². The van der Waals surface area contributed by atoms with Gasteiger partial charge in [0.25, 0.3) is 5.91 Å². The number of furan rings is 1. The molecule has 0 bridgehead atoms. The zero-order chi connectivity index (χ0) is 15.1. The van der Waals surface area contributed by atoms with Crippen molar-refractivity contribution in [1.29, 1.82) is 0 Å². The van der Waals surface area contributed by atoms with Crippen molar-refractivity contribution in [2.24, 2.45) is 0 Å². The number of carbonyl (C=O) groups is 2. The Hall–Kier alpha value is -2.34. The summed E-state index contributed by atoms with van der Waals surface area (Å²) in [6, 6.07) is 7.01. The standard InChI is InChI=1S/C15H15NO4S/c1-11(13-5-2-8-19-13)16-14(17)10-20-15(18)7-6-12-4-3-9-21-12/h2-9,11H,10H2,1H3,(H,16,17)/b7-6+/t11-/m0/s1. The average Bonchev–Trinajstić information content (AvgIpc) is 3.15. The summed E-state index contributed by atoms with van der Waals surface area (Å²) in [5.41, 5.74) is 0. The van der Waals surface area contributed by atoms with Gasteiger partial charge in [0.05, 0.1) is 12.3 Å². The van der Waals surface area contributed by atoms with E-state index in [4.69, 9.17) is 9.15 Å². The minimum atomic E-state index is -0.552. The van der Waals surface area contributed by atoms with Crippen LogP contribution in [0, 0.1) is 0 Å². The van der Waals surface area contributed by atoms with Crippen LogP contribution in [0.25, 0.3) is 6.08 Å². The maximum absolute atomic E-state index is 11.6. The lowest BCUT2D eigenvalue weighted by Crippen LogP contribution is -2.30. The van der Waals surface area contributed by atoms with Gasteiger partial charge in [-0.2, -0.15) is 0 Å². The van der Waals surface area contributed by atoms with Crippen molar-refractivity contribution in [3.63, 3.8) is 0 Å². The van der Waals surface area contributed by atoms with Crippen molar-refractivity contribution in [1.82, 2.24) is 5.32 Å². The lowest BCUT2D eigenvalue weighted by molar-refractivity contribution is -0.144. The molecule has 2 heterocycles. The van der Waals surface area contributed by atoms with E-state index in [1.807, 2.05) is 17.5 Å². The third-order valence-corrected chi connectivity index (χ3v) is 3.46.